The second kappa shape index (κ2) is 18.0. The van der Waals surface area contributed by atoms with Crippen LogP contribution in [-0.4, -0.2) is 98.0 Å². The molecule has 1 saturated carbocycles. The van der Waals surface area contributed by atoms with E-state index in [0.717, 1.165) is 24.0 Å². The lowest BCUT2D eigenvalue weighted by Gasteiger charge is -2.36. The second-order valence-corrected chi connectivity index (χ2v) is 18.6. The molecular weight excluding hydrogens is 733 g/mol. The minimum atomic E-state index is -3.77. The van der Waals surface area contributed by atoms with Crippen molar-refractivity contribution in [1.29, 1.82) is 0 Å². The number of fused-ring (bicyclic) bond motifs is 2. The Bertz CT molecular complexity index is 1890. The quantitative estimate of drug-likeness (QED) is 0.113. The molecule has 1 heterocycles. The molecule has 1 saturated heterocycles. The van der Waals surface area contributed by atoms with Gasteiger partial charge in [0.25, 0.3) is 5.91 Å². The minimum Gasteiger partial charge on any atom is -0.346 e. The van der Waals surface area contributed by atoms with Gasteiger partial charge in [-0.3, -0.25) is 19.2 Å². The highest BCUT2D eigenvalue weighted by molar-refractivity contribution is 7.93. The number of allylic oxidation sites excluding steroid dienone is 4. The van der Waals surface area contributed by atoms with E-state index in [0.29, 0.717) is 32.2 Å². The largest absolute Gasteiger partial charge is 0.346 e. The molecule has 13 nitrogen and oxygen atoms in total. The first-order valence-corrected chi connectivity index (χ1v) is 20.9. The van der Waals surface area contributed by atoms with Crippen molar-refractivity contribution in [2.45, 2.75) is 96.3 Å². The minimum absolute atomic E-state index is 0.00696. The third-order valence-corrected chi connectivity index (χ3v) is 13.6. The molecule has 1 aromatic rings. The van der Waals surface area contributed by atoms with Crippen LogP contribution in [0.4, 0.5) is 4.79 Å². The number of urea groups is 1. The SMILES string of the molecule is C#CCCC(NC(=O)[C@@H]1[C@H]2CCC[C@H]2CN1C(=O)[C@@H](NC(=O)N[C@H](CN(C)S(=O)(=O)C1=CC=CC1)C(C)(C)C)C1Cc2ccccc2C1)C(=O)C(=O)NCC=C. The number of sulfonamides is 1. The lowest BCUT2D eigenvalue weighted by Crippen LogP contribution is -2.61. The van der Waals surface area contributed by atoms with E-state index >= 15 is 0 Å². The van der Waals surface area contributed by atoms with E-state index in [9.17, 15) is 32.4 Å². The van der Waals surface area contributed by atoms with Crippen molar-refractivity contribution in [2.24, 2.45) is 23.2 Å². The van der Waals surface area contributed by atoms with Crippen LogP contribution >= 0.6 is 0 Å². The number of likely N-dealkylation sites (tertiary alicyclic amines) is 1. The lowest BCUT2D eigenvalue weighted by atomic mass is 9.86. The number of nitrogens with zero attached hydrogens (tertiary/aromatic N) is 2. The Morgan fingerprint density at radius 1 is 1.07 bits per heavy atom. The van der Waals surface area contributed by atoms with Gasteiger partial charge in [0.05, 0.1) is 10.9 Å². The van der Waals surface area contributed by atoms with Gasteiger partial charge in [0.2, 0.25) is 27.6 Å². The first-order valence-electron chi connectivity index (χ1n) is 19.5. The van der Waals surface area contributed by atoms with Crippen LogP contribution in [0.2, 0.25) is 0 Å². The summed E-state index contributed by atoms with van der Waals surface area (Å²) in [5, 5.41) is 11.2. The van der Waals surface area contributed by atoms with Gasteiger partial charge in [-0.2, -0.15) is 4.31 Å². The molecule has 0 radical (unpaired) electrons. The molecule has 3 aliphatic carbocycles. The number of rotatable bonds is 16. The van der Waals surface area contributed by atoms with Crippen molar-refractivity contribution in [3.8, 4) is 12.3 Å². The summed E-state index contributed by atoms with van der Waals surface area (Å²) in [4.78, 5) is 71.0. The summed E-state index contributed by atoms with van der Waals surface area (Å²) in [6.45, 7) is 9.64. The summed E-state index contributed by atoms with van der Waals surface area (Å²) >= 11 is 0. The summed E-state index contributed by atoms with van der Waals surface area (Å²) in [7, 11) is -2.28. The first-order chi connectivity index (χ1) is 26.6. The van der Waals surface area contributed by atoms with E-state index in [4.69, 9.17) is 6.42 Å². The number of ketones is 1. The molecule has 1 aromatic carbocycles. The zero-order chi connectivity index (χ0) is 40.8. The number of likely N-dealkylation sites (N-methyl/N-ethyl adjacent to an activating group) is 1. The number of amides is 5. The van der Waals surface area contributed by atoms with E-state index in [1.165, 1.54) is 17.4 Å². The van der Waals surface area contributed by atoms with Crippen molar-refractivity contribution >= 4 is 39.6 Å². The number of hydrogen-bond donors (Lipinski definition) is 4. The van der Waals surface area contributed by atoms with Crippen molar-refractivity contribution < 1.29 is 32.4 Å². The Morgan fingerprint density at radius 3 is 2.38 bits per heavy atom. The van der Waals surface area contributed by atoms with Crippen LogP contribution in [-0.2, 0) is 42.0 Å². The summed E-state index contributed by atoms with van der Waals surface area (Å²) in [5.74, 6) is -0.628. The molecular formula is C42H56N6O7S. The number of carbonyl (C=O) groups is 5. The molecule has 4 aliphatic rings. The molecule has 2 fully saturated rings. The predicted octanol–water partition coefficient (Wildman–Crippen LogP) is 2.99. The van der Waals surface area contributed by atoms with Gasteiger partial charge in [0.15, 0.2) is 0 Å². The normalized spacial score (nSPS) is 22.0. The standard InChI is InChI=1S/C42H56N6O7S/c1-7-9-21-33(37(49)39(51)43-22-8-2)44-38(50)36-32-20-14-17-29(32)25-48(36)40(52)35(30-23-27-15-10-11-16-28(27)24-30)46-41(53)45-34(42(3,4)5)26-47(6)56(54,55)31-18-12-13-19-31/h1,8,10-13,15-16,18,29-30,32-36H,2,9,14,17,19-26H2,3-6H3,(H,43,51)(H,44,50)(H2,45,46,53)/t29-,32-,33?,34+,35-,36-/m0/s1. The average molecular weight is 789 g/mol. The van der Waals surface area contributed by atoms with Crippen LogP contribution in [0.3, 0.4) is 0 Å². The molecule has 0 aromatic heterocycles. The van der Waals surface area contributed by atoms with Crippen LogP contribution in [0.25, 0.3) is 0 Å². The predicted molar refractivity (Wildman–Crippen MR) is 214 cm³/mol. The zero-order valence-electron chi connectivity index (χ0n) is 32.9. The molecule has 1 unspecified atom stereocenters. The maximum Gasteiger partial charge on any atom is 0.315 e. The van der Waals surface area contributed by atoms with Crippen LogP contribution in [0, 0.1) is 35.5 Å². The molecule has 0 bridgehead atoms. The molecule has 1 aliphatic heterocycles. The Labute approximate surface area is 331 Å². The van der Waals surface area contributed by atoms with Crippen LogP contribution < -0.4 is 21.3 Å². The fourth-order valence-electron chi connectivity index (χ4n) is 8.47. The van der Waals surface area contributed by atoms with Gasteiger partial charge in [-0.25, -0.2) is 13.2 Å². The molecule has 0 spiro atoms. The van der Waals surface area contributed by atoms with Crippen molar-refractivity contribution in [1.82, 2.24) is 30.5 Å². The fraction of sp³-hybridized carbons (Fsp3) is 0.548. The van der Waals surface area contributed by atoms with Crippen LogP contribution in [0.1, 0.15) is 70.4 Å². The smallest absolute Gasteiger partial charge is 0.315 e. The first kappa shape index (κ1) is 42.4. The van der Waals surface area contributed by atoms with Gasteiger partial charge in [-0.1, -0.05) is 69.7 Å². The molecule has 6 atom stereocenters. The second-order valence-electron chi connectivity index (χ2n) is 16.5. The number of carbonyl (C=O) groups excluding carboxylic acids is 5. The van der Waals surface area contributed by atoms with Gasteiger partial charge < -0.3 is 26.2 Å². The fourth-order valence-corrected chi connectivity index (χ4v) is 9.77. The number of hydrogen-bond acceptors (Lipinski definition) is 7. The Balaban J connectivity index is 1.40. The summed E-state index contributed by atoms with van der Waals surface area (Å²) in [6.07, 6.45) is 15.9. The zero-order valence-corrected chi connectivity index (χ0v) is 33.7. The van der Waals surface area contributed by atoms with Gasteiger partial charge in [-0.05, 0) is 72.5 Å². The Kier molecular flexibility index (Phi) is 13.6. The molecule has 14 heteroatoms. The van der Waals surface area contributed by atoms with E-state index in [1.54, 1.807) is 23.1 Å². The van der Waals surface area contributed by atoms with E-state index < -0.39 is 69.1 Å². The van der Waals surface area contributed by atoms with E-state index in [-0.39, 0.29) is 48.6 Å². The third-order valence-electron chi connectivity index (χ3n) is 11.7. The van der Waals surface area contributed by atoms with Crippen molar-refractivity contribution in [2.75, 3.05) is 26.7 Å². The highest BCUT2D eigenvalue weighted by Crippen LogP contribution is 2.43. The lowest BCUT2D eigenvalue weighted by molar-refractivity contribution is -0.144. The number of nitrogens with one attached hydrogen (secondary N) is 4. The Morgan fingerprint density at radius 2 is 1.77 bits per heavy atom. The van der Waals surface area contributed by atoms with E-state index in [2.05, 4.69) is 33.8 Å². The maximum atomic E-state index is 15.0. The molecule has 4 N–H and O–H groups in total. The van der Waals surface area contributed by atoms with Crippen LogP contribution in [0.5, 0.6) is 0 Å². The molecule has 302 valence electrons. The van der Waals surface area contributed by atoms with Crippen molar-refractivity contribution in [3.63, 3.8) is 0 Å². The average Bonchev–Trinajstić information content (AvgIpc) is 3.98. The molecule has 56 heavy (non-hydrogen) atoms. The number of Topliss-reactive ketones (excluding diaryl/α,β-unsaturated/α-hetero) is 1. The van der Waals surface area contributed by atoms with Gasteiger partial charge in [-0.15, -0.1) is 18.9 Å². The number of terminal acetylenes is 1. The Hall–Kier alpha value is -4.74. The topological polar surface area (TPSA) is 174 Å². The third kappa shape index (κ3) is 9.61. The van der Waals surface area contributed by atoms with Gasteiger partial charge in [0.1, 0.15) is 12.1 Å². The molecule has 5 amide bonds. The van der Waals surface area contributed by atoms with Gasteiger partial charge >= 0.3 is 6.03 Å². The van der Waals surface area contributed by atoms with Crippen LogP contribution in [0.15, 0.2) is 60.1 Å². The summed E-state index contributed by atoms with van der Waals surface area (Å²) in [5.41, 5.74) is 1.58. The highest BCUT2D eigenvalue weighted by Gasteiger charge is 2.52. The summed E-state index contributed by atoms with van der Waals surface area (Å²) < 4.78 is 27.9. The van der Waals surface area contributed by atoms with E-state index in [1.807, 2.05) is 45.0 Å². The number of benzene rings is 1. The molecule has 5 rings (SSSR count). The maximum absolute atomic E-state index is 15.0. The monoisotopic (exact) mass is 788 g/mol. The highest BCUT2D eigenvalue weighted by atomic mass is 32.2. The van der Waals surface area contributed by atoms with Crippen molar-refractivity contribution in [3.05, 3.63) is 71.2 Å². The van der Waals surface area contributed by atoms with Gasteiger partial charge in [0, 0.05) is 45.6 Å². The summed E-state index contributed by atoms with van der Waals surface area (Å²) in [6, 6.07) is 3.47.